The number of aryl methyl sites for hydroxylation is 1. The highest BCUT2D eigenvalue weighted by Gasteiger charge is 2.12. The normalized spacial score (nSPS) is 12.8. The first kappa shape index (κ1) is 13.9. The second-order valence-electron chi connectivity index (χ2n) is 4.08. The summed E-state index contributed by atoms with van der Waals surface area (Å²) in [6.45, 7) is 3.94. The summed E-state index contributed by atoms with van der Waals surface area (Å²) in [5.41, 5.74) is 1.07. The molecule has 1 atom stereocenters. The second kappa shape index (κ2) is 6.57. The Kier molecular flexibility index (Phi) is 5.06. The highest BCUT2D eigenvalue weighted by Crippen LogP contribution is 2.34. The first-order valence-electron chi connectivity index (χ1n) is 5.82. The minimum Gasteiger partial charge on any atom is -0.310 e. The number of halogens is 2. The van der Waals surface area contributed by atoms with Crippen LogP contribution in [0.4, 0.5) is 0 Å². The monoisotopic (exact) mass is 303 g/mol. The third-order valence-electron chi connectivity index (χ3n) is 2.72. The van der Waals surface area contributed by atoms with E-state index < -0.39 is 0 Å². The van der Waals surface area contributed by atoms with Crippen molar-refractivity contribution in [3.05, 3.63) is 38.8 Å². The van der Waals surface area contributed by atoms with Crippen molar-refractivity contribution in [2.45, 2.75) is 25.9 Å². The number of hydrogen-bond acceptors (Lipinski definition) is 3. The summed E-state index contributed by atoms with van der Waals surface area (Å²) in [5.74, 6) is 0. The second-order valence-corrected chi connectivity index (χ2v) is 6.36. The zero-order valence-electron chi connectivity index (χ0n) is 10.1. The molecule has 1 N–H and O–H groups in total. The Labute approximate surface area is 121 Å². The van der Waals surface area contributed by atoms with Gasteiger partial charge in [0.25, 0.3) is 0 Å². The van der Waals surface area contributed by atoms with Crippen LogP contribution in [0, 0.1) is 0 Å². The molecule has 2 heterocycles. The Balaban J connectivity index is 1.75. The fourth-order valence-electron chi connectivity index (χ4n) is 1.75. The largest absolute Gasteiger partial charge is 0.310 e. The van der Waals surface area contributed by atoms with Crippen molar-refractivity contribution in [1.82, 2.24) is 15.1 Å². The van der Waals surface area contributed by atoms with Gasteiger partial charge in [-0.25, -0.2) is 0 Å². The fourth-order valence-corrected chi connectivity index (χ4v) is 3.40. The number of nitrogens with one attached hydrogen (secondary N) is 1. The summed E-state index contributed by atoms with van der Waals surface area (Å²) >= 11 is 13.5. The van der Waals surface area contributed by atoms with Crippen LogP contribution < -0.4 is 5.32 Å². The smallest absolute Gasteiger partial charge is 0.0991 e. The minimum absolute atomic E-state index is 0.221. The van der Waals surface area contributed by atoms with Crippen molar-refractivity contribution >= 4 is 34.5 Å². The van der Waals surface area contributed by atoms with Crippen LogP contribution in [0.15, 0.2) is 24.5 Å². The molecule has 0 saturated heterocycles. The quantitative estimate of drug-likeness (QED) is 0.818. The summed E-state index contributed by atoms with van der Waals surface area (Å²) < 4.78 is 3.44. The molecule has 2 rings (SSSR count). The molecule has 0 aliphatic rings. The summed E-state index contributed by atoms with van der Waals surface area (Å²) in [4.78, 5) is 0. The maximum absolute atomic E-state index is 6.11. The molecule has 0 spiro atoms. The zero-order chi connectivity index (χ0) is 13.0. The molecule has 2 aromatic rings. The van der Waals surface area contributed by atoms with Crippen LogP contribution in [-0.4, -0.2) is 16.3 Å². The molecule has 0 amide bonds. The Morgan fingerprint density at radius 1 is 1.50 bits per heavy atom. The van der Waals surface area contributed by atoms with Gasteiger partial charge < -0.3 is 5.32 Å². The number of rotatable bonds is 6. The molecule has 0 aliphatic carbocycles. The molecule has 0 aromatic carbocycles. The summed E-state index contributed by atoms with van der Waals surface area (Å²) in [7, 11) is 0. The predicted octanol–water partition coefficient (Wildman–Crippen LogP) is 3.99. The van der Waals surface area contributed by atoms with E-state index in [0.29, 0.717) is 0 Å². The van der Waals surface area contributed by atoms with E-state index in [9.17, 15) is 0 Å². The van der Waals surface area contributed by atoms with Crippen LogP contribution in [0.2, 0.25) is 8.67 Å². The van der Waals surface area contributed by atoms with Gasteiger partial charge in [0.15, 0.2) is 0 Å². The van der Waals surface area contributed by atoms with Crippen molar-refractivity contribution < 1.29 is 0 Å². The van der Waals surface area contributed by atoms with Crippen molar-refractivity contribution in [1.29, 1.82) is 0 Å². The molecule has 0 fully saturated rings. The standard InChI is InChI=1S/C12H15Cl2N3S/c1-9(10-8-11(13)18-12(10)14)15-4-2-6-17-7-3-5-16-17/h3,5,7-9,15H,2,4,6H2,1H3. The molecule has 0 saturated carbocycles. The van der Waals surface area contributed by atoms with Crippen molar-refractivity contribution in [2.24, 2.45) is 0 Å². The van der Waals surface area contributed by atoms with E-state index in [4.69, 9.17) is 23.2 Å². The van der Waals surface area contributed by atoms with Gasteiger partial charge in [0.2, 0.25) is 0 Å². The van der Waals surface area contributed by atoms with Crippen molar-refractivity contribution in [3.8, 4) is 0 Å². The lowest BCUT2D eigenvalue weighted by atomic mass is 10.2. The lowest BCUT2D eigenvalue weighted by Crippen LogP contribution is -2.20. The molecule has 1 unspecified atom stereocenters. The number of nitrogens with zero attached hydrogens (tertiary/aromatic N) is 2. The Morgan fingerprint density at radius 3 is 2.94 bits per heavy atom. The van der Waals surface area contributed by atoms with Gasteiger partial charge in [0.1, 0.15) is 0 Å². The first-order chi connectivity index (χ1) is 8.66. The van der Waals surface area contributed by atoms with E-state index in [1.165, 1.54) is 11.3 Å². The third kappa shape index (κ3) is 3.72. The predicted molar refractivity (Wildman–Crippen MR) is 77.6 cm³/mol. The Hall–Kier alpha value is -0.550. The molecule has 0 radical (unpaired) electrons. The van der Waals surface area contributed by atoms with E-state index in [0.717, 1.165) is 33.7 Å². The average Bonchev–Trinajstić information content (AvgIpc) is 2.94. The van der Waals surface area contributed by atoms with Crippen molar-refractivity contribution in [3.63, 3.8) is 0 Å². The van der Waals surface area contributed by atoms with Gasteiger partial charge in [-0.05, 0) is 37.6 Å². The number of thiophene rings is 1. The van der Waals surface area contributed by atoms with Gasteiger partial charge in [-0.15, -0.1) is 11.3 Å². The summed E-state index contributed by atoms with van der Waals surface area (Å²) in [5, 5.41) is 7.60. The number of aromatic nitrogens is 2. The van der Waals surface area contributed by atoms with Gasteiger partial charge in [-0.3, -0.25) is 4.68 Å². The molecule has 0 aliphatic heterocycles. The molecular formula is C12H15Cl2N3S. The lowest BCUT2D eigenvalue weighted by molar-refractivity contribution is 0.507. The zero-order valence-corrected chi connectivity index (χ0v) is 12.4. The van der Waals surface area contributed by atoms with E-state index in [1.54, 1.807) is 6.20 Å². The van der Waals surface area contributed by atoms with Crippen molar-refractivity contribution in [2.75, 3.05) is 6.54 Å². The first-order valence-corrected chi connectivity index (χ1v) is 7.39. The van der Waals surface area contributed by atoms with Gasteiger partial charge in [0, 0.05) is 25.0 Å². The van der Waals surface area contributed by atoms with Crippen LogP contribution in [0.1, 0.15) is 24.9 Å². The van der Waals surface area contributed by atoms with Crippen LogP contribution >= 0.6 is 34.5 Å². The van der Waals surface area contributed by atoms with Gasteiger partial charge in [0.05, 0.1) is 8.67 Å². The highest BCUT2D eigenvalue weighted by molar-refractivity contribution is 7.20. The SMILES string of the molecule is CC(NCCCn1cccn1)c1cc(Cl)sc1Cl. The van der Waals surface area contributed by atoms with Crippen LogP contribution in [-0.2, 0) is 6.54 Å². The molecule has 98 valence electrons. The molecular weight excluding hydrogens is 289 g/mol. The lowest BCUT2D eigenvalue weighted by Gasteiger charge is -2.13. The fraction of sp³-hybridized carbons (Fsp3) is 0.417. The molecule has 18 heavy (non-hydrogen) atoms. The topological polar surface area (TPSA) is 29.9 Å². The Bertz CT molecular complexity index is 481. The van der Waals surface area contributed by atoms with Crippen LogP contribution in [0.5, 0.6) is 0 Å². The molecule has 0 bridgehead atoms. The maximum Gasteiger partial charge on any atom is 0.0991 e. The van der Waals surface area contributed by atoms with Crippen LogP contribution in [0.25, 0.3) is 0 Å². The Morgan fingerprint density at radius 2 is 2.33 bits per heavy atom. The molecule has 3 nitrogen and oxygen atoms in total. The van der Waals surface area contributed by atoms with E-state index in [1.807, 2.05) is 23.0 Å². The molecule has 2 aromatic heterocycles. The highest BCUT2D eigenvalue weighted by atomic mass is 35.5. The van der Waals surface area contributed by atoms with Gasteiger partial charge >= 0.3 is 0 Å². The minimum atomic E-state index is 0.221. The summed E-state index contributed by atoms with van der Waals surface area (Å²) in [6, 6.07) is 4.09. The van der Waals surface area contributed by atoms with Crippen LogP contribution in [0.3, 0.4) is 0 Å². The van der Waals surface area contributed by atoms with E-state index in [2.05, 4.69) is 17.3 Å². The van der Waals surface area contributed by atoms with Gasteiger partial charge in [-0.2, -0.15) is 5.10 Å². The third-order valence-corrected chi connectivity index (χ3v) is 4.24. The summed E-state index contributed by atoms with van der Waals surface area (Å²) in [6.07, 6.45) is 4.80. The number of hydrogen-bond donors (Lipinski definition) is 1. The van der Waals surface area contributed by atoms with Gasteiger partial charge in [-0.1, -0.05) is 23.2 Å². The van der Waals surface area contributed by atoms with E-state index in [-0.39, 0.29) is 6.04 Å². The average molecular weight is 304 g/mol. The van der Waals surface area contributed by atoms with E-state index >= 15 is 0 Å². The molecule has 6 heteroatoms. The maximum atomic E-state index is 6.11.